The first kappa shape index (κ1) is 54.6. The van der Waals surface area contributed by atoms with E-state index in [-0.39, 0.29) is 80.9 Å². The number of alkyl halides is 1. The number of carbonyl (C=O) groups excluding carboxylic acids is 2. The zero-order valence-corrected chi connectivity index (χ0v) is 41.4. The van der Waals surface area contributed by atoms with Gasteiger partial charge in [0.15, 0.2) is 0 Å². The van der Waals surface area contributed by atoms with Crippen molar-refractivity contribution >= 4 is 66.7 Å². The number of methoxy groups -OCH3 is 3. The molecule has 2 saturated heterocycles. The smallest absolute Gasteiger partial charge is 0.224 e. The standard InChI is InChI=1S/C24H35FN6O5S.C20H25ClFN5O4S/c1-30(12-13-35-2)9-4-14-37(33,34)31-10-7-18(8-11-31)28-24-27-16-20(23(26)29-24)22(32)19-15-17(25)5-6-21(19)36-3;1-31-17-4-3-13(22)11-15(17)18(28)16-12-24-20(26-19(16)23)25-14-5-8-27(9-6-14)32(29,30)10-2-7-21/h5-6,15-16,18H,4,7-14H2,1-3H3,(H3,26,27,28,29);3-4,11-12,14H,2,5-10H2,1H3,(H3,23,24,25,26). The van der Waals surface area contributed by atoms with Crippen LogP contribution in [0.4, 0.5) is 32.3 Å². The van der Waals surface area contributed by atoms with Crippen LogP contribution in [0.25, 0.3) is 0 Å². The molecule has 4 aromatic rings. The number of likely N-dealkylation sites (N-methyl/N-ethyl adjacent to an activating group) is 1. The lowest BCUT2D eigenvalue weighted by molar-refractivity contribution is 0.102. The molecule has 0 aliphatic carbocycles. The summed E-state index contributed by atoms with van der Waals surface area (Å²) in [5.41, 5.74) is 12.1. The van der Waals surface area contributed by atoms with Gasteiger partial charge >= 0.3 is 0 Å². The summed E-state index contributed by atoms with van der Waals surface area (Å²) in [5.74, 6) is -1.02. The van der Waals surface area contributed by atoms with Crippen LogP contribution in [-0.2, 0) is 24.8 Å². The molecule has 0 amide bonds. The average molecular weight is 1020 g/mol. The molecule has 0 spiro atoms. The Morgan fingerprint density at radius 2 is 1.13 bits per heavy atom. The van der Waals surface area contributed by atoms with Crippen LogP contribution in [0.5, 0.6) is 11.5 Å². The highest BCUT2D eigenvalue weighted by molar-refractivity contribution is 7.89. The van der Waals surface area contributed by atoms with Gasteiger partial charge < -0.3 is 41.2 Å². The minimum absolute atomic E-state index is 0.0197. The Bertz CT molecular complexity index is 2610. The number of nitrogen functional groups attached to an aromatic ring is 2. The van der Waals surface area contributed by atoms with Crippen LogP contribution in [0.15, 0.2) is 48.8 Å². The minimum Gasteiger partial charge on any atom is -0.496 e. The molecule has 2 fully saturated rings. The van der Waals surface area contributed by atoms with Crippen LogP contribution in [0.1, 0.15) is 70.4 Å². The van der Waals surface area contributed by atoms with E-state index >= 15 is 0 Å². The van der Waals surface area contributed by atoms with Crippen LogP contribution < -0.4 is 31.6 Å². The Morgan fingerprint density at radius 3 is 1.51 bits per heavy atom. The van der Waals surface area contributed by atoms with Gasteiger partial charge in [0.1, 0.15) is 34.8 Å². The van der Waals surface area contributed by atoms with Gasteiger partial charge in [-0.3, -0.25) is 9.59 Å². The van der Waals surface area contributed by atoms with Crippen LogP contribution in [0.3, 0.4) is 0 Å². The molecule has 2 aliphatic heterocycles. The van der Waals surface area contributed by atoms with Gasteiger partial charge in [-0.15, -0.1) is 11.6 Å². The van der Waals surface area contributed by atoms with Gasteiger partial charge in [-0.2, -0.15) is 9.97 Å². The third-order valence-corrected chi connectivity index (χ3v) is 15.6. The maximum absolute atomic E-state index is 13.7. The third-order valence-electron chi connectivity index (χ3n) is 11.5. The molecular formula is C44H60ClF2N11O9S2. The molecule has 6 rings (SSSR count). The molecule has 2 aliphatic rings. The fraction of sp³-hybridized carbons (Fsp3) is 0.500. The van der Waals surface area contributed by atoms with Crippen molar-refractivity contribution in [3.05, 3.63) is 82.7 Å². The normalized spacial score (nSPS) is 15.3. The first-order chi connectivity index (χ1) is 32.9. The maximum Gasteiger partial charge on any atom is 0.224 e. The zero-order valence-electron chi connectivity index (χ0n) is 39.0. The van der Waals surface area contributed by atoms with Crippen molar-refractivity contribution in [1.29, 1.82) is 0 Å². The van der Waals surface area contributed by atoms with Gasteiger partial charge in [0.2, 0.25) is 43.5 Å². The second kappa shape index (κ2) is 25.5. The van der Waals surface area contributed by atoms with Crippen molar-refractivity contribution in [3.63, 3.8) is 0 Å². The molecule has 6 N–H and O–H groups in total. The highest BCUT2D eigenvalue weighted by Crippen LogP contribution is 2.27. The van der Waals surface area contributed by atoms with E-state index in [0.717, 1.165) is 18.7 Å². The first-order valence-electron chi connectivity index (χ1n) is 22.1. The minimum atomic E-state index is -3.33. The number of sulfonamides is 2. The third kappa shape index (κ3) is 15.3. The molecule has 0 saturated carbocycles. The number of piperidine rings is 2. The summed E-state index contributed by atoms with van der Waals surface area (Å²) >= 11 is 5.60. The van der Waals surface area contributed by atoms with E-state index in [0.29, 0.717) is 83.7 Å². The first-order valence-corrected chi connectivity index (χ1v) is 25.9. The Balaban J connectivity index is 0.000000260. The van der Waals surface area contributed by atoms with Gasteiger partial charge in [-0.25, -0.2) is 44.2 Å². The summed E-state index contributed by atoms with van der Waals surface area (Å²) in [6.07, 6.45) is 5.86. The SMILES string of the molecule is COCCN(C)CCCS(=O)(=O)N1CCC(Nc2ncc(C(=O)c3cc(F)ccc3OC)c(N)n2)CC1.COc1ccc(F)cc1C(=O)c1cnc(NC2CCN(S(=O)(=O)CCCCl)CC2)nc1N. The predicted octanol–water partition coefficient (Wildman–Crippen LogP) is 3.88. The molecule has 2 aromatic carbocycles. The van der Waals surface area contributed by atoms with E-state index in [9.17, 15) is 35.2 Å². The number of benzene rings is 2. The van der Waals surface area contributed by atoms with Crippen LogP contribution in [-0.4, -0.2) is 166 Å². The number of ether oxygens (including phenoxy) is 3. The molecule has 4 heterocycles. The number of nitrogens with two attached hydrogens (primary N) is 2. The summed E-state index contributed by atoms with van der Waals surface area (Å²) in [5, 5.41) is 6.30. The van der Waals surface area contributed by atoms with Gasteiger partial charge in [0.05, 0.1) is 54.6 Å². The highest BCUT2D eigenvalue weighted by Gasteiger charge is 2.30. The summed E-state index contributed by atoms with van der Waals surface area (Å²) < 4.78 is 95.7. The average Bonchev–Trinajstić information content (AvgIpc) is 3.33. The van der Waals surface area contributed by atoms with Crippen molar-refractivity contribution in [2.45, 2.75) is 50.6 Å². The maximum atomic E-state index is 13.7. The molecular weight excluding hydrogens is 964 g/mol. The highest BCUT2D eigenvalue weighted by atomic mass is 35.5. The molecule has 0 unspecified atom stereocenters. The van der Waals surface area contributed by atoms with Crippen molar-refractivity contribution in [2.75, 3.05) is 114 Å². The molecule has 25 heteroatoms. The monoisotopic (exact) mass is 1020 g/mol. The van der Waals surface area contributed by atoms with Gasteiger partial charge in [0.25, 0.3) is 0 Å². The quantitative estimate of drug-likeness (QED) is 0.0643. The lowest BCUT2D eigenvalue weighted by Crippen LogP contribution is -2.43. The zero-order chi connectivity index (χ0) is 50.3. The molecule has 0 radical (unpaired) electrons. The van der Waals surface area contributed by atoms with Gasteiger partial charge in [-0.05, 0) is 88.5 Å². The number of anilines is 4. The summed E-state index contributed by atoms with van der Waals surface area (Å²) in [4.78, 5) is 44.5. The van der Waals surface area contributed by atoms with Crippen LogP contribution in [0, 0.1) is 11.6 Å². The second-order valence-corrected chi connectivity index (χ2v) is 20.8. The molecule has 69 heavy (non-hydrogen) atoms. The molecule has 20 nitrogen and oxygen atoms in total. The number of nitrogens with one attached hydrogen (secondary N) is 2. The topological polar surface area (TPSA) is 267 Å². The van der Waals surface area contributed by atoms with Crippen LogP contribution in [0.2, 0.25) is 0 Å². The van der Waals surface area contributed by atoms with Gasteiger partial charge in [-0.1, -0.05) is 0 Å². The predicted molar refractivity (Wildman–Crippen MR) is 259 cm³/mol. The van der Waals surface area contributed by atoms with Crippen molar-refractivity contribution < 1.29 is 49.4 Å². The second-order valence-electron chi connectivity index (χ2n) is 16.3. The van der Waals surface area contributed by atoms with E-state index in [2.05, 4.69) is 30.6 Å². The fourth-order valence-corrected chi connectivity index (χ4v) is 10.9. The number of ketones is 2. The summed E-state index contributed by atoms with van der Waals surface area (Å²) in [6, 6.07) is 7.17. The number of nitrogens with zero attached hydrogens (tertiary/aromatic N) is 7. The summed E-state index contributed by atoms with van der Waals surface area (Å²) in [6.45, 7) is 3.61. The molecule has 378 valence electrons. The Labute approximate surface area is 406 Å². The van der Waals surface area contributed by atoms with Crippen molar-refractivity contribution in [2.24, 2.45) is 0 Å². The van der Waals surface area contributed by atoms with Crippen molar-refractivity contribution in [1.82, 2.24) is 33.4 Å². The number of hydrogen-bond donors (Lipinski definition) is 4. The summed E-state index contributed by atoms with van der Waals surface area (Å²) in [7, 11) is -0.286. The number of rotatable bonds is 22. The number of carbonyl (C=O) groups is 2. The Kier molecular flexibility index (Phi) is 20.1. The van der Waals surface area contributed by atoms with E-state index < -0.39 is 43.2 Å². The van der Waals surface area contributed by atoms with E-state index in [1.807, 2.05) is 11.9 Å². The van der Waals surface area contributed by atoms with Crippen molar-refractivity contribution in [3.8, 4) is 11.5 Å². The molecule has 0 bridgehead atoms. The molecule has 0 atom stereocenters. The number of halogens is 3. The lowest BCUT2D eigenvalue weighted by atomic mass is 10.0. The van der Waals surface area contributed by atoms with E-state index in [4.69, 9.17) is 37.3 Å². The van der Waals surface area contributed by atoms with Gasteiger partial charge in [0, 0.05) is 70.2 Å². The van der Waals surface area contributed by atoms with Crippen LogP contribution >= 0.6 is 11.6 Å². The number of hydrogen-bond acceptors (Lipinski definition) is 18. The number of aromatic nitrogens is 4. The fourth-order valence-electron chi connectivity index (χ4n) is 7.58. The molecule has 2 aromatic heterocycles. The van der Waals surface area contributed by atoms with E-state index in [1.54, 1.807) is 7.11 Å². The lowest BCUT2D eigenvalue weighted by Gasteiger charge is -2.31. The Hall–Kier alpha value is -5.37. The van der Waals surface area contributed by atoms with E-state index in [1.165, 1.54) is 59.5 Å². The largest absolute Gasteiger partial charge is 0.496 e. The Morgan fingerprint density at radius 1 is 0.710 bits per heavy atom.